The van der Waals surface area contributed by atoms with E-state index in [0.717, 1.165) is 16.5 Å². The van der Waals surface area contributed by atoms with Crippen LogP contribution < -0.4 is 5.32 Å². The molecule has 1 atom stereocenters. The SMILES string of the molecule is CC(NC(=O)c1cc2ccc(Cl)cc2n1C)c1ccc(C#N)cc1. The van der Waals surface area contributed by atoms with Gasteiger partial charge in [-0.3, -0.25) is 4.79 Å². The zero-order valence-electron chi connectivity index (χ0n) is 13.4. The Kier molecular flexibility index (Phi) is 4.28. The quantitative estimate of drug-likeness (QED) is 0.778. The molecule has 0 saturated heterocycles. The van der Waals surface area contributed by atoms with Gasteiger partial charge in [0.1, 0.15) is 5.69 Å². The molecule has 120 valence electrons. The molecule has 3 aromatic rings. The lowest BCUT2D eigenvalue weighted by Crippen LogP contribution is -2.28. The highest BCUT2D eigenvalue weighted by Gasteiger charge is 2.16. The molecule has 1 unspecified atom stereocenters. The summed E-state index contributed by atoms with van der Waals surface area (Å²) < 4.78 is 1.84. The number of benzene rings is 2. The summed E-state index contributed by atoms with van der Waals surface area (Å²) in [6.45, 7) is 1.92. The second-order valence-corrected chi connectivity index (χ2v) is 6.16. The normalized spacial score (nSPS) is 11.9. The van der Waals surface area contributed by atoms with Gasteiger partial charge in [0.05, 0.1) is 17.7 Å². The molecule has 2 aromatic carbocycles. The molecule has 0 spiro atoms. The molecule has 1 N–H and O–H groups in total. The van der Waals surface area contributed by atoms with Gasteiger partial charge in [-0.2, -0.15) is 5.26 Å². The number of nitrogens with zero attached hydrogens (tertiary/aromatic N) is 2. The van der Waals surface area contributed by atoms with Gasteiger partial charge in [-0.1, -0.05) is 29.8 Å². The second-order valence-electron chi connectivity index (χ2n) is 5.72. The van der Waals surface area contributed by atoms with E-state index in [9.17, 15) is 4.79 Å². The monoisotopic (exact) mass is 337 g/mol. The number of fused-ring (bicyclic) bond motifs is 1. The first-order valence-electron chi connectivity index (χ1n) is 7.55. The van der Waals surface area contributed by atoms with Crippen molar-refractivity contribution in [2.24, 2.45) is 7.05 Å². The number of carbonyl (C=O) groups is 1. The highest BCUT2D eigenvalue weighted by Crippen LogP contribution is 2.23. The largest absolute Gasteiger partial charge is 0.344 e. The zero-order valence-corrected chi connectivity index (χ0v) is 14.1. The minimum Gasteiger partial charge on any atom is -0.344 e. The van der Waals surface area contributed by atoms with Gasteiger partial charge < -0.3 is 9.88 Å². The Balaban J connectivity index is 1.84. The Bertz CT molecular complexity index is 951. The summed E-state index contributed by atoms with van der Waals surface area (Å²) in [5, 5.41) is 13.4. The molecule has 5 heteroatoms. The van der Waals surface area contributed by atoms with E-state index in [-0.39, 0.29) is 11.9 Å². The van der Waals surface area contributed by atoms with Crippen molar-refractivity contribution in [2.45, 2.75) is 13.0 Å². The number of rotatable bonds is 3. The number of carbonyl (C=O) groups excluding carboxylic acids is 1. The fourth-order valence-electron chi connectivity index (χ4n) is 2.72. The number of aromatic nitrogens is 1. The van der Waals surface area contributed by atoms with Gasteiger partial charge in [0.15, 0.2) is 0 Å². The summed E-state index contributed by atoms with van der Waals surface area (Å²) in [6.07, 6.45) is 0. The predicted molar refractivity (Wildman–Crippen MR) is 95.0 cm³/mol. The van der Waals surface area contributed by atoms with Crippen LogP contribution in [0.2, 0.25) is 5.02 Å². The smallest absolute Gasteiger partial charge is 0.268 e. The molecule has 0 aliphatic carbocycles. The van der Waals surface area contributed by atoms with E-state index in [1.807, 2.05) is 54.9 Å². The Labute approximate surface area is 145 Å². The van der Waals surface area contributed by atoms with Crippen molar-refractivity contribution in [3.63, 3.8) is 0 Å². The molecule has 24 heavy (non-hydrogen) atoms. The number of hydrogen-bond acceptors (Lipinski definition) is 2. The average molecular weight is 338 g/mol. The maximum Gasteiger partial charge on any atom is 0.268 e. The number of aryl methyl sites for hydroxylation is 1. The summed E-state index contributed by atoms with van der Waals surface area (Å²) >= 11 is 6.03. The van der Waals surface area contributed by atoms with E-state index >= 15 is 0 Å². The zero-order chi connectivity index (χ0) is 17.3. The summed E-state index contributed by atoms with van der Waals surface area (Å²) in [4.78, 5) is 12.6. The van der Waals surface area contributed by atoms with Crippen molar-refractivity contribution in [3.05, 3.63) is 70.4 Å². The number of amides is 1. The fourth-order valence-corrected chi connectivity index (χ4v) is 2.89. The Hall–Kier alpha value is -2.77. The van der Waals surface area contributed by atoms with Crippen molar-refractivity contribution in [3.8, 4) is 6.07 Å². The third kappa shape index (κ3) is 2.99. The van der Waals surface area contributed by atoms with Crippen LogP contribution in [0.5, 0.6) is 0 Å². The molecule has 0 saturated carbocycles. The van der Waals surface area contributed by atoms with E-state index < -0.39 is 0 Å². The van der Waals surface area contributed by atoms with Gasteiger partial charge in [0.2, 0.25) is 0 Å². The van der Waals surface area contributed by atoms with Crippen LogP contribution in [0.4, 0.5) is 0 Å². The van der Waals surface area contributed by atoms with Crippen LogP contribution >= 0.6 is 11.6 Å². The van der Waals surface area contributed by atoms with Crippen molar-refractivity contribution < 1.29 is 4.79 Å². The molecule has 1 aromatic heterocycles. The lowest BCUT2D eigenvalue weighted by atomic mass is 10.1. The Morgan fingerprint density at radius 1 is 1.21 bits per heavy atom. The molecular weight excluding hydrogens is 322 g/mol. The lowest BCUT2D eigenvalue weighted by molar-refractivity contribution is 0.0932. The third-order valence-electron chi connectivity index (χ3n) is 4.13. The first-order chi connectivity index (χ1) is 11.5. The number of nitrogens with one attached hydrogen (secondary N) is 1. The van der Waals surface area contributed by atoms with Crippen LogP contribution in [0.1, 0.15) is 34.6 Å². The molecule has 0 radical (unpaired) electrons. The molecule has 1 amide bonds. The third-order valence-corrected chi connectivity index (χ3v) is 4.36. The van der Waals surface area contributed by atoms with Crippen LogP contribution in [0, 0.1) is 11.3 Å². The molecule has 0 aliphatic rings. The maximum atomic E-state index is 12.6. The van der Waals surface area contributed by atoms with E-state index in [1.165, 1.54) is 0 Å². The number of halogens is 1. The van der Waals surface area contributed by atoms with E-state index in [2.05, 4.69) is 11.4 Å². The predicted octanol–water partition coefficient (Wildman–Crippen LogP) is 4.19. The van der Waals surface area contributed by atoms with Crippen molar-refractivity contribution in [1.29, 1.82) is 5.26 Å². The van der Waals surface area contributed by atoms with Gasteiger partial charge in [-0.25, -0.2) is 0 Å². The summed E-state index contributed by atoms with van der Waals surface area (Å²) in [5.41, 5.74) is 3.04. The van der Waals surface area contributed by atoms with Gasteiger partial charge in [0.25, 0.3) is 5.91 Å². The van der Waals surface area contributed by atoms with Gasteiger partial charge in [0, 0.05) is 23.0 Å². The van der Waals surface area contributed by atoms with E-state index in [1.54, 1.807) is 12.1 Å². The fraction of sp³-hybridized carbons (Fsp3) is 0.158. The van der Waals surface area contributed by atoms with Crippen molar-refractivity contribution in [2.75, 3.05) is 0 Å². The molecular formula is C19H16ClN3O. The molecule has 1 heterocycles. The molecule has 0 bridgehead atoms. The number of nitriles is 1. The highest BCUT2D eigenvalue weighted by molar-refractivity contribution is 6.31. The van der Waals surface area contributed by atoms with Crippen LogP contribution in [-0.2, 0) is 7.05 Å². The summed E-state index contributed by atoms with van der Waals surface area (Å²) in [6, 6.07) is 16.5. The first kappa shape index (κ1) is 16.1. The topological polar surface area (TPSA) is 57.8 Å². The number of hydrogen-bond donors (Lipinski definition) is 1. The maximum absolute atomic E-state index is 12.6. The van der Waals surface area contributed by atoms with Crippen LogP contribution in [0.15, 0.2) is 48.5 Å². The van der Waals surface area contributed by atoms with E-state index in [0.29, 0.717) is 16.3 Å². The molecule has 0 fully saturated rings. The second kappa shape index (κ2) is 6.38. The lowest BCUT2D eigenvalue weighted by Gasteiger charge is -2.15. The summed E-state index contributed by atoms with van der Waals surface area (Å²) in [5.74, 6) is -0.151. The van der Waals surface area contributed by atoms with Gasteiger partial charge >= 0.3 is 0 Å². The van der Waals surface area contributed by atoms with Gasteiger partial charge in [-0.05, 0) is 42.8 Å². The van der Waals surface area contributed by atoms with Crippen LogP contribution in [-0.4, -0.2) is 10.5 Å². The van der Waals surface area contributed by atoms with Crippen LogP contribution in [0.25, 0.3) is 10.9 Å². The van der Waals surface area contributed by atoms with Crippen LogP contribution in [0.3, 0.4) is 0 Å². The minimum atomic E-state index is -0.160. The van der Waals surface area contributed by atoms with Crippen molar-refractivity contribution >= 4 is 28.4 Å². The minimum absolute atomic E-state index is 0.151. The van der Waals surface area contributed by atoms with E-state index in [4.69, 9.17) is 16.9 Å². The molecule has 4 nitrogen and oxygen atoms in total. The summed E-state index contributed by atoms with van der Waals surface area (Å²) in [7, 11) is 1.85. The average Bonchev–Trinajstić information content (AvgIpc) is 2.91. The van der Waals surface area contributed by atoms with Gasteiger partial charge in [-0.15, -0.1) is 0 Å². The Morgan fingerprint density at radius 3 is 2.58 bits per heavy atom. The standard InChI is InChI=1S/C19H16ClN3O/c1-12(14-5-3-13(11-21)4-6-14)22-19(24)18-9-15-7-8-16(20)10-17(15)23(18)2/h3-10,12H,1-2H3,(H,22,24). The van der Waals surface area contributed by atoms with Crippen molar-refractivity contribution in [1.82, 2.24) is 9.88 Å². The molecule has 3 rings (SSSR count). The first-order valence-corrected chi connectivity index (χ1v) is 7.93. The molecule has 0 aliphatic heterocycles. The Morgan fingerprint density at radius 2 is 1.92 bits per heavy atom. The highest BCUT2D eigenvalue weighted by atomic mass is 35.5.